The minimum Gasteiger partial charge on any atom is -0.325 e. The zero-order valence-corrected chi connectivity index (χ0v) is 14.0. The van der Waals surface area contributed by atoms with Gasteiger partial charge in [-0.15, -0.1) is 0 Å². The average molecular weight is 389 g/mol. The van der Waals surface area contributed by atoms with Crippen molar-refractivity contribution in [1.82, 2.24) is 0 Å². The van der Waals surface area contributed by atoms with Crippen LogP contribution in [0, 0.1) is 10.1 Å². The lowest BCUT2D eigenvalue weighted by Gasteiger charge is -2.09. The van der Waals surface area contributed by atoms with Crippen molar-refractivity contribution in [3.05, 3.63) is 62.6 Å². The molecule has 7 nitrogen and oxygen atoms in total. The van der Waals surface area contributed by atoms with E-state index in [1.54, 1.807) is 12.1 Å². The Hall–Kier alpha value is -2.74. The summed E-state index contributed by atoms with van der Waals surface area (Å²) in [5.74, 6) is -0.0564. The number of halogens is 1. The van der Waals surface area contributed by atoms with Gasteiger partial charge in [0.25, 0.3) is 5.69 Å². The first kappa shape index (κ1) is 16.1. The molecule has 0 radical (unpaired) electrons. The van der Waals surface area contributed by atoms with Crippen LogP contribution in [0.15, 0.2) is 52.0 Å². The number of anilines is 2. The molecule has 2 aromatic carbocycles. The Bertz CT molecular complexity index is 834. The fourth-order valence-corrected chi connectivity index (χ4v) is 2.71. The van der Waals surface area contributed by atoms with E-state index in [2.05, 4.69) is 31.8 Å². The van der Waals surface area contributed by atoms with Crippen LogP contribution >= 0.6 is 15.9 Å². The maximum Gasteiger partial charge on any atom is 0.269 e. The van der Waals surface area contributed by atoms with Crippen molar-refractivity contribution in [2.75, 3.05) is 10.7 Å². The van der Waals surface area contributed by atoms with Crippen LogP contribution in [0.25, 0.3) is 0 Å². The van der Waals surface area contributed by atoms with Crippen LogP contribution in [-0.2, 0) is 4.79 Å². The average Bonchev–Trinajstić information content (AvgIpc) is 2.72. The molecule has 2 aromatic rings. The molecular formula is C16H13BrN4O3. The topological polar surface area (TPSA) is 96.6 Å². The summed E-state index contributed by atoms with van der Waals surface area (Å²) >= 11 is 3.42. The third kappa shape index (κ3) is 3.60. The molecule has 3 rings (SSSR count). The Labute approximate surface area is 146 Å². The summed E-state index contributed by atoms with van der Waals surface area (Å²) in [4.78, 5) is 22.0. The lowest BCUT2D eigenvalue weighted by molar-refractivity contribution is -0.384. The number of hydrazone groups is 1. The van der Waals surface area contributed by atoms with Crippen molar-refractivity contribution >= 4 is 44.6 Å². The third-order valence-corrected chi connectivity index (χ3v) is 4.05. The molecular weight excluding hydrogens is 376 g/mol. The minimum atomic E-state index is -0.452. The number of carbonyl (C=O) groups excluding carboxylic acids is 1. The maximum absolute atomic E-state index is 11.8. The SMILES string of the molecule is O=C1CC/C(=N\Nc2ccc([N+](=O)[O-])cc2)c2cc(Br)ccc2N1. The molecule has 1 aliphatic rings. The molecule has 0 unspecified atom stereocenters. The quantitative estimate of drug-likeness (QED) is 0.615. The van der Waals surface area contributed by atoms with Gasteiger partial charge in [-0.25, -0.2) is 0 Å². The monoisotopic (exact) mass is 388 g/mol. The highest BCUT2D eigenvalue weighted by Gasteiger charge is 2.18. The highest BCUT2D eigenvalue weighted by Crippen LogP contribution is 2.26. The third-order valence-electron chi connectivity index (χ3n) is 3.55. The van der Waals surface area contributed by atoms with Gasteiger partial charge < -0.3 is 5.32 Å². The molecule has 122 valence electrons. The molecule has 8 heteroatoms. The number of hydrogen-bond acceptors (Lipinski definition) is 5. The fraction of sp³-hybridized carbons (Fsp3) is 0.125. The van der Waals surface area contributed by atoms with E-state index in [1.807, 2.05) is 18.2 Å². The van der Waals surface area contributed by atoms with Crippen molar-refractivity contribution in [2.45, 2.75) is 12.8 Å². The van der Waals surface area contributed by atoms with Crippen LogP contribution in [0.1, 0.15) is 18.4 Å². The first-order valence-corrected chi connectivity index (χ1v) is 7.99. The number of benzene rings is 2. The predicted octanol–water partition coefficient (Wildman–Crippen LogP) is 3.91. The molecule has 0 fully saturated rings. The fourth-order valence-electron chi connectivity index (χ4n) is 2.35. The van der Waals surface area contributed by atoms with Crippen LogP contribution in [0.4, 0.5) is 17.1 Å². The number of amides is 1. The lowest BCUT2D eigenvalue weighted by Crippen LogP contribution is -2.08. The molecule has 0 bridgehead atoms. The van der Waals surface area contributed by atoms with Crippen molar-refractivity contribution in [1.29, 1.82) is 0 Å². The van der Waals surface area contributed by atoms with Crippen molar-refractivity contribution in [2.24, 2.45) is 5.10 Å². The number of nitro benzene ring substituents is 1. The number of fused-ring (bicyclic) bond motifs is 1. The number of rotatable bonds is 3. The second kappa shape index (κ2) is 6.79. The Kier molecular flexibility index (Phi) is 4.57. The molecule has 0 spiro atoms. The van der Waals surface area contributed by atoms with Crippen molar-refractivity contribution in [3.63, 3.8) is 0 Å². The van der Waals surface area contributed by atoms with Gasteiger partial charge in [-0.3, -0.25) is 20.3 Å². The number of nitrogens with zero attached hydrogens (tertiary/aromatic N) is 2. The zero-order valence-electron chi connectivity index (χ0n) is 12.5. The van der Waals surface area contributed by atoms with Crippen LogP contribution in [0.5, 0.6) is 0 Å². The largest absolute Gasteiger partial charge is 0.325 e. The van der Waals surface area contributed by atoms with Gasteiger partial charge in [-0.1, -0.05) is 15.9 Å². The van der Waals surface area contributed by atoms with Crippen molar-refractivity contribution in [3.8, 4) is 0 Å². The molecule has 24 heavy (non-hydrogen) atoms. The van der Waals surface area contributed by atoms with Gasteiger partial charge in [0.15, 0.2) is 0 Å². The summed E-state index contributed by atoms with van der Waals surface area (Å²) in [7, 11) is 0. The molecule has 0 aliphatic carbocycles. The maximum atomic E-state index is 11.8. The molecule has 2 N–H and O–H groups in total. The summed E-state index contributed by atoms with van der Waals surface area (Å²) in [6, 6.07) is 11.6. The van der Waals surface area contributed by atoms with Crippen molar-refractivity contribution < 1.29 is 9.72 Å². The summed E-state index contributed by atoms with van der Waals surface area (Å²) in [6.45, 7) is 0. The van der Waals surface area contributed by atoms with E-state index in [4.69, 9.17) is 0 Å². The standard InChI is InChI=1S/C16H13BrN4O3/c17-10-1-6-14-13(9-10)15(7-8-16(22)18-14)20-19-11-2-4-12(5-3-11)21(23)24/h1-6,9,19H,7-8H2,(H,18,22)/b20-15+. The highest BCUT2D eigenvalue weighted by molar-refractivity contribution is 9.10. The van der Waals surface area contributed by atoms with Gasteiger partial charge >= 0.3 is 0 Å². The van der Waals surface area contributed by atoms with E-state index >= 15 is 0 Å². The normalized spacial score (nSPS) is 15.4. The van der Waals surface area contributed by atoms with Crippen LogP contribution in [0.3, 0.4) is 0 Å². The Balaban J connectivity index is 1.88. The van der Waals surface area contributed by atoms with Gasteiger partial charge in [0, 0.05) is 40.7 Å². The van der Waals surface area contributed by atoms with Gasteiger partial charge in [0.05, 0.1) is 16.3 Å². The summed E-state index contributed by atoms with van der Waals surface area (Å²) in [6.07, 6.45) is 0.836. The van der Waals surface area contributed by atoms with E-state index in [0.29, 0.717) is 24.2 Å². The number of nitro groups is 1. The van der Waals surface area contributed by atoms with Gasteiger partial charge in [0.1, 0.15) is 0 Å². The van der Waals surface area contributed by atoms with Crippen LogP contribution < -0.4 is 10.7 Å². The van der Waals surface area contributed by atoms with E-state index in [-0.39, 0.29) is 11.6 Å². The lowest BCUT2D eigenvalue weighted by atomic mass is 10.1. The van der Waals surface area contributed by atoms with Gasteiger partial charge in [0.2, 0.25) is 5.91 Å². The Morgan fingerprint density at radius 2 is 1.92 bits per heavy atom. The predicted molar refractivity (Wildman–Crippen MR) is 95.3 cm³/mol. The summed E-state index contributed by atoms with van der Waals surface area (Å²) in [5.41, 5.74) is 5.84. The molecule has 1 heterocycles. The van der Waals surface area contributed by atoms with E-state index in [9.17, 15) is 14.9 Å². The molecule has 1 amide bonds. The van der Waals surface area contributed by atoms with Crippen LogP contribution in [-0.4, -0.2) is 16.5 Å². The number of hydrogen-bond donors (Lipinski definition) is 2. The molecule has 0 atom stereocenters. The second-order valence-corrected chi connectivity index (χ2v) is 6.13. The van der Waals surface area contributed by atoms with E-state index in [0.717, 1.165) is 15.7 Å². The Morgan fingerprint density at radius 1 is 1.17 bits per heavy atom. The smallest absolute Gasteiger partial charge is 0.269 e. The van der Waals surface area contributed by atoms with Gasteiger partial charge in [-0.05, 0) is 30.3 Å². The Morgan fingerprint density at radius 3 is 2.62 bits per heavy atom. The van der Waals surface area contributed by atoms with Crippen LogP contribution in [0.2, 0.25) is 0 Å². The number of non-ortho nitro benzene ring substituents is 1. The number of carbonyl (C=O) groups is 1. The molecule has 1 aliphatic heterocycles. The minimum absolute atomic E-state index is 0.0201. The first-order valence-electron chi connectivity index (χ1n) is 7.20. The number of nitrogens with one attached hydrogen (secondary N) is 2. The summed E-state index contributed by atoms with van der Waals surface area (Å²) in [5, 5.41) is 17.9. The highest BCUT2D eigenvalue weighted by atomic mass is 79.9. The second-order valence-electron chi connectivity index (χ2n) is 5.21. The zero-order chi connectivity index (χ0) is 17.1. The molecule has 0 saturated carbocycles. The molecule has 0 saturated heterocycles. The van der Waals surface area contributed by atoms with Gasteiger partial charge in [-0.2, -0.15) is 5.10 Å². The molecule has 0 aromatic heterocycles. The van der Waals surface area contributed by atoms with E-state index in [1.165, 1.54) is 12.1 Å². The first-order chi connectivity index (χ1) is 11.5. The summed E-state index contributed by atoms with van der Waals surface area (Å²) < 4.78 is 0.889. The van der Waals surface area contributed by atoms with E-state index < -0.39 is 4.92 Å².